The van der Waals surface area contributed by atoms with Gasteiger partial charge in [-0.3, -0.25) is 0 Å². The summed E-state index contributed by atoms with van der Waals surface area (Å²) in [5, 5.41) is 0. The summed E-state index contributed by atoms with van der Waals surface area (Å²) in [7, 11) is 0. The van der Waals surface area contributed by atoms with E-state index in [1.165, 1.54) is 12.5 Å². The Morgan fingerprint density at radius 2 is 1.94 bits per heavy atom. The Bertz CT molecular complexity index is 434. The molecule has 0 amide bonds. The van der Waals surface area contributed by atoms with Crippen molar-refractivity contribution in [1.82, 2.24) is 0 Å². The van der Waals surface area contributed by atoms with Crippen molar-refractivity contribution in [2.24, 2.45) is 17.3 Å². The molecule has 17 heavy (non-hydrogen) atoms. The summed E-state index contributed by atoms with van der Waals surface area (Å²) in [5.74, 6) is 1.27. The van der Waals surface area contributed by atoms with Gasteiger partial charge in [-0.05, 0) is 54.6 Å². The van der Waals surface area contributed by atoms with Gasteiger partial charge in [-0.1, -0.05) is 6.07 Å². The van der Waals surface area contributed by atoms with Crippen LogP contribution in [-0.2, 0) is 6.42 Å². The maximum Gasteiger partial charge on any atom is 0.129 e. The highest BCUT2D eigenvalue weighted by atomic mass is 35.5. The number of hydrogen-bond acceptors (Lipinski definition) is 0. The molecular formula is C14H15ClF2. The zero-order valence-electron chi connectivity index (χ0n) is 9.56. The molecule has 0 N–H and O–H groups in total. The van der Waals surface area contributed by atoms with Gasteiger partial charge in [0.1, 0.15) is 11.6 Å². The molecule has 3 heteroatoms. The number of rotatable bonds is 3. The van der Waals surface area contributed by atoms with Gasteiger partial charge in [-0.2, -0.15) is 0 Å². The lowest BCUT2D eigenvalue weighted by Gasteiger charge is -2.28. The smallest absolute Gasteiger partial charge is 0.129 e. The normalized spacial score (nSPS) is 34.8. The summed E-state index contributed by atoms with van der Waals surface area (Å²) < 4.78 is 26.5. The Hall–Kier alpha value is -0.630. The first kappa shape index (κ1) is 11.5. The molecule has 92 valence electrons. The summed E-state index contributed by atoms with van der Waals surface area (Å²) in [6.07, 6.45) is 4.19. The molecule has 2 atom stereocenters. The van der Waals surface area contributed by atoms with Crippen molar-refractivity contribution >= 4 is 11.6 Å². The van der Waals surface area contributed by atoms with Crippen LogP contribution in [0, 0.1) is 28.9 Å². The van der Waals surface area contributed by atoms with E-state index < -0.39 is 11.6 Å². The largest absolute Gasteiger partial charge is 0.207 e. The molecular weight excluding hydrogens is 242 g/mol. The van der Waals surface area contributed by atoms with Crippen LogP contribution in [0.1, 0.15) is 24.8 Å². The van der Waals surface area contributed by atoms with Crippen LogP contribution in [0.5, 0.6) is 0 Å². The van der Waals surface area contributed by atoms with Crippen molar-refractivity contribution in [3.05, 3.63) is 35.4 Å². The monoisotopic (exact) mass is 256 g/mol. The molecule has 0 radical (unpaired) electrons. The van der Waals surface area contributed by atoms with Crippen molar-refractivity contribution in [3.63, 3.8) is 0 Å². The lowest BCUT2D eigenvalue weighted by molar-refractivity contribution is 0.299. The number of fused-ring (bicyclic) bond motifs is 1. The van der Waals surface area contributed by atoms with Crippen LogP contribution in [-0.4, -0.2) is 5.88 Å². The number of alkyl halides is 1. The Balaban J connectivity index is 1.81. The third kappa shape index (κ3) is 2.08. The molecule has 0 nitrogen and oxygen atoms in total. The van der Waals surface area contributed by atoms with E-state index in [9.17, 15) is 8.78 Å². The molecule has 0 heterocycles. The summed E-state index contributed by atoms with van der Waals surface area (Å²) in [4.78, 5) is 0. The molecule has 1 aromatic carbocycles. The molecule has 2 fully saturated rings. The van der Waals surface area contributed by atoms with E-state index in [0.29, 0.717) is 17.9 Å². The van der Waals surface area contributed by atoms with Gasteiger partial charge in [0.05, 0.1) is 0 Å². The molecule has 0 aromatic heterocycles. The molecule has 2 unspecified atom stereocenters. The predicted molar refractivity (Wildman–Crippen MR) is 64.0 cm³/mol. The molecule has 3 rings (SSSR count). The average molecular weight is 257 g/mol. The third-order valence-corrected chi connectivity index (χ3v) is 4.89. The van der Waals surface area contributed by atoms with Crippen molar-refractivity contribution in [2.75, 3.05) is 5.88 Å². The Morgan fingerprint density at radius 1 is 1.24 bits per heavy atom. The average Bonchev–Trinajstić information content (AvgIpc) is 2.91. The second-order valence-electron chi connectivity index (χ2n) is 5.71. The molecule has 2 saturated carbocycles. The fourth-order valence-electron chi connectivity index (χ4n) is 3.38. The second-order valence-corrected chi connectivity index (χ2v) is 5.98. The Labute approximate surface area is 105 Å². The standard InChI is InChI=1S/C14H15ClF2/c15-8-14(6-10-3-11(10)7-14)5-9-1-2-12(16)4-13(9)17/h1-2,4,10-11H,3,5-8H2. The van der Waals surface area contributed by atoms with Gasteiger partial charge in [0.15, 0.2) is 0 Å². The lowest BCUT2D eigenvalue weighted by Crippen LogP contribution is -2.24. The highest BCUT2D eigenvalue weighted by Gasteiger charge is 2.53. The first-order valence-corrected chi connectivity index (χ1v) is 6.65. The van der Waals surface area contributed by atoms with Gasteiger partial charge in [0.25, 0.3) is 0 Å². The molecule has 2 aliphatic carbocycles. The maximum atomic E-state index is 13.6. The highest BCUT2D eigenvalue weighted by Crippen LogP contribution is 2.61. The highest BCUT2D eigenvalue weighted by molar-refractivity contribution is 6.18. The summed E-state index contributed by atoms with van der Waals surface area (Å²) in [5.41, 5.74) is 0.654. The zero-order chi connectivity index (χ0) is 12.0. The lowest BCUT2D eigenvalue weighted by atomic mass is 9.79. The SMILES string of the molecule is Fc1ccc(CC2(CCl)CC3CC3C2)c(F)c1. The topological polar surface area (TPSA) is 0 Å². The second kappa shape index (κ2) is 3.94. The fraction of sp³-hybridized carbons (Fsp3) is 0.571. The van der Waals surface area contributed by atoms with Crippen molar-refractivity contribution in [2.45, 2.75) is 25.7 Å². The molecule has 0 saturated heterocycles. The van der Waals surface area contributed by atoms with Crippen LogP contribution in [0.2, 0.25) is 0 Å². The summed E-state index contributed by atoms with van der Waals surface area (Å²) in [6, 6.07) is 3.85. The van der Waals surface area contributed by atoms with E-state index in [1.807, 2.05) is 0 Å². The van der Waals surface area contributed by atoms with Crippen molar-refractivity contribution < 1.29 is 8.78 Å². The van der Waals surface area contributed by atoms with Crippen LogP contribution in [0.3, 0.4) is 0 Å². The number of halogens is 3. The van der Waals surface area contributed by atoms with Gasteiger partial charge < -0.3 is 0 Å². The maximum absolute atomic E-state index is 13.6. The van der Waals surface area contributed by atoms with E-state index in [2.05, 4.69) is 0 Å². The summed E-state index contributed by atoms with van der Waals surface area (Å²) in [6.45, 7) is 0. The van der Waals surface area contributed by atoms with Crippen molar-refractivity contribution in [1.29, 1.82) is 0 Å². The Morgan fingerprint density at radius 3 is 2.53 bits per heavy atom. The van der Waals surface area contributed by atoms with Crippen molar-refractivity contribution in [3.8, 4) is 0 Å². The van der Waals surface area contributed by atoms with Crippen LogP contribution < -0.4 is 0 Å². The minimum atomic E-state index is -0.513. The van der Waals surface area contributed by atoms with E-state index >= 15 is 0 Å². The van der Waals surface area contributed by atoms with E-state index in [0.717, 1.165) is 30.7 Å². The summed E-state index contributed by atoms with van der Waals surface area (Å²) >= 11 is 6.09. The first-order chi connectivity index (χ1) is 8.12. The molecule has 0 spiro atoms. The van der Waals surface area contributed by atoms with Crippen LogP contribution in [0.15, 0.2) is 18.2 Å². The van der Waals surface area contributed by atoms with E-state index in [4.69, 9.17) is 11.6 Å². The molecule has 2 aliphatic rings. The van der Waals surface area contributed by atoms with Gasteiger partial charge in [0.2, 0.25) is 0 Å². The minimum absolute atomic E-state index is 0.0494. The van der Waals surface area contributed by atoms with Crippen LogP contribution in [0.25, 0.3) is 0 Å². The minimum Gasteiger partial charge on any atom is -0.207 e. The van der Waals surface area contributed by atoms with Gasteiger partial charge in [0, 0.05) is 11.9 Å². The van der Waals surface area contributed by atoms with Crippen LogP contribution in [0.4, 0.5) is 8.78 Å². The quantitative estimate of drug-likeness (QED) is 0.713. The Kier molecular flexibility index (Phi) is 2.66. The number of benzene rings is 1. The molecule has 0 aliphatic heterocycles. The first-order valence-electron chi connectivity index (χ1n) is 6.12. The molecule has 0 bridgehead atoms. The van der Waals surface area contributed by atoms with Crippen LogP contribution >= 0.6 is 11.6 Å². The fourth-order valence-corrected chi connectivity index (χ4v) is 3.69. The third-order valence-electron chi connectivity index (χ3n) is 4.32. The van der Waals surface area contributed by atoms with E-state index in [1.54, 1.807) is 6.07 Å². The van der Waals surface area contributed by atoms with E-state index in [-0.39, 0.29) is 5.41 Å². The molecule has 1 aromatic rings. The predicted octanol–water partition coefficient (Wildman–Crippen LogP) is 4.16. The van der Waals surface area contributed by atoms with Gasteiger partial charge in [-0.15, -0.1) is 11.6 Å². The zero-order valence-corrected chi connectivity index (χ0v) is 10.3. The van der Waals surface area contributed by atoms with Gasteiger partial charge >= 0.3 is 0 Å². The van der Waals surface area contributed by atoms with Gasteiger partial charge in [-0.25, -0.2) is 8.78 Å². The number of hydrogen-bond donors (Lipinski definition) is 0.